The molecule has 122 valence electrons. The number of nitrogens with one attached hydrogen (secondary N) is 1. The molecular formula is C16H14N4O3S. The number of hydrogen-bond acceptors (Lipinski definition) is 5. The number of benzene rings is 1. The fourth-order valence-corrected chi connectivity index (χ4v) is 2.96. The van der Waals surface area contributed by atoms with Gasteiger partial charge in [0.05, 0.1) is 22.7 Å². The molecule has 2 aromatic heterocycles. The molecule has 0 bridgehead atoms. The van der Waals surface area contributed by atoms with Crippen molar-refractivity contribution in [3.8, 4) is 5.69 Å². The fraction of sp³-hybridized carbons (Fsp3) is 0.125. The molecule has 1 amide bonds. The molecule has 3 rings (SSSR count). The van der Waals surface area contributed by atoms with Gasteiger partial charge in [-0.2, -0.15) is 5.10 Å². The van der Waals surface area contributed by atoms with Crippen molar-refractivity contribution in [3.63, 3.8) is 0 Å². The second-order valence-electron chi connectivity index (χ2n) is 5.16. The Labute approximate surface area is 141 Å². The Hall–Kier alpha value is -3.00. The zero-order chi connectivity index (χ0) is 17.1. The standard InChI is InChI=1S/C16H14N4O3S/c1-11-9-15(17-16(21)10-14-3-2-8-24-14)19(18-11)12-4-6-13(7-5-12)20(22)23/h2-9H,10H2,1H3,(H,17,21). The molecule has 3 aromatic rings. The fourth-order valence-electron chi connectivity index (χ4n) is 2.26. The van der Waals surface area contributed by atoms with Crippen LogP contribution in [-0.4, -0.2) is 20.6 Å². The first-order valence-electron chi connectivity index (χ1n) is 7.16. The number of hydrogen-bond donors (Lipinski definition) is 1. The summed E-state index contributed by atoms with van der Waals surface area (Å²) in [7, 11) is 0. The number of nitro groups is 1. The highest BCUT2D eigenvalue weighted by Crippen LogP contribution is 2.20. The van der Waals surface area contributed by atoms with E-state index in [4.69, 9.17) is 0 Å². The lowest BCUT2D eigenvalue weighted by Crippen LogP contribution is -2.16. The second kappa shape index (κ2) is 6.63. The summed E-state index contributed by atoms with van der Waals surface area (Å²) < 4.78 is 1.56. The summed E-state index contributed by atoms with van der Waals surface area (Å²) in [5.41, 5.74) is 1.38. The van der Waals surface area contributed by atoms with E-state index in [1.165, 1.54) is 23.5 Å². The van der Waals surface area contributed by atoms with Crippen LogP contribution in [0.2, 0.25) is 0 Å². The van der Waals surface area contributed by atoms with Crippen LogP contribution in [-0.2, 0) is 11.2 Å². The molecule has 1 aromatic carbocycles. The third-order valence-corrected chi connectivity index (χ3v) is 4.20. The molecule has 0 saturated heterocycles. The van der Waals surface area contributed by atoms with Gasteiger partial charge < -0.3 is 5.32 Å². The molecular weight excluding hydrogens is 328 g/mol. The van der Waals surface area contributed by atoms with Gasteiger partial charge in [-0.25, -0.2) is 4.68 Å². The average Bonchev–Trinajstić information content (AvgIpc) is 3.17. The maximum atomic E-state index is 12.2. The minimum Gasteiger partial charge on any atom is -0.310 e. The van der Waals surface area contributed by atoms with E-state index in [9.17, 15) is 14.9 Å². The number of carbonyl (C=O) groups excluding carboxylic acids is 1. The van der Waals surface area contributed by atoms with Gasteiger partial charge in [-0.05, 0) is 30.5 Å². The first kappa shape index (κ1) is 15.9. The largest absolute Gasteiger partial charge is 0.310 e. The number of amides is 1. The summed E-state index contributed by atoms with van der Waals surface area (Å²) in [6, 6.07) is 11.6. The highest BCUT2D eigenvalue weighted by molar-refractivity contribution is 7.10. The van der Waals surface area contributed by atoms with Gasteiger partial charge in [-0.15, -0.1) is 11.3 Å². The van der Waals surface area contributed by atoms with Gasteiger partial charge in [0.25, 0.3) is 5.69 Å². The van der Waals surface area contributed by atoms with Crippen LogP contribution < -0.4 is 5.32 Å². The number of nitrogens with zero attached hydrogens (tertiary/aromatic N) is 3. The number of rotatable bonds is 5. The predicted molar refractivity (Wildman–Crippen MR) is 91.6 cm³/mol. The summed E-state index contributed by atoms with van der Waals surface area (Å²) in [5.74, 6) is 0.392. The lowest BCUT2D eigenvalue weighted by Gasteiger charge is -2.08. The Bertz CT molecular complexity index is 869. The maximum Gasteiger partial charge on any atom is 0.269 e. The molecule has 0 aliphatic carbocycles. The van der Waals surface area contributed by atoms with Gasteiger partial charge in [0.15, 0.2) is 0 Å². The van der Waals surface area contributed by atoms with Crippen LogP contribution in [0.5, 0.6) is 0 Å². The first-order valence-corrected chi connectivity index (χ1v) is 8.04. The van der Waals surface area contributed by atoms with E-state index in [2.05, 4.69) is 10.4 Å². The van der Waals surface area contributed by atoms with Crippen LogP contribution in [0, 0.1) is 17.0 Å². The van der Waals surface area contributed by atoms with E-state index in [1.807, 2.05) is 24.4 Å². The molecule has 0 radical (unpaired) electrons. The number of nitro benzene ring substituents is 1. The van der Waals surface area contributed by atoms with Crippen molar-refractivity contribution in [2.24, 2.45) is 0 Å². The van der Waals surface area contributed by atoms with Crippen LogP contribution in [0.4, 0.5) is 11.5 Å². The molecule has 8 heteroatoms. The summed E-state index contributed by atoms with van der Waals surface area (Å²) in [6.45, 7) is 1.82. The van der Waals surface area contributed by atoms with Crippen LogP contribution in [0.25, 0.3) is 5.69 Å². The SMILES string of the molecule is Cc1cc(NC(=O)Cc2cccs2)n(-c2ccc([N+](=O)[O-])cc2)n1. The predicted octanol–water partition coefficient (Wildman–Crippen LogP) is 3.33. The molecule has 0 aliphatic heterocycles. The molecule has 0 unspecified atom stereocenters. The molecule has 0 fully saturated rings. The lowest BCUT2D eigenvalue weighted by molar-refractivity contribution is -0.384. The Kier molecular flexibility index (Phi) is 4.39. The van der Waals surface area contributed by atoms with Crippen molar-refractivity contribution in [2.75, 3.05) is 5.32 Å². The van der Waals surface area contributed by atoms with Crippen molar-refractivity contribution >= 4 is 28.7 Å². The van der Waals surface area contributed by atoms with Crippen molar-refractivity contribution in [2.45, 2.75) is 13.3 Å². The third kappa shape index (κ3) is 3.49. The lowest BCUT2D eigenvalue weighted by atomic mass is 10.3. The molecule has 0 spiro atoms. The van der Waals surface area contributed by atoms with E-state index < -0.39 is 4.92 Å². The van der Waals surface area contributed by atoms with E-state index >= 15 is 0 Å². The first-order chi connectivity index (χ1) is 11.5. The zero-order valence-corrected chi connectivity index (χ0v) is 13.6. The van der Waals surface area contributed by atoms with Crippen molar-refractivity contribution < 1.29 is 9.72 Å². The minimum atomic E-state index is -0.457. The molecule has 0 aliphatic rings. The van der Waals surface area contributed by atoms with Crippen LogP contribution >= 0.6 is 11.3 Å². The molecule has 24 heavy (non-hydrogen) atoms. The van der Waals surface area contributed by atoms with E-state index in [0.29, 0.717) is 17.9 Å². The van der Waals surface area contributed by atoms with Crippen molar-refractivity contribution in [1.29, 1.82) is 0 Å². The normalized spacial score (nSPS) is 10.5. The van der Waals surface area contributed by atoms with Crippen molar-refractivity contribution in [1.82, 2.24) is 9.78 Å². The average molecular weight is 342 g/mol. The monoisotopic (exact) mass is 342 g/mol. The Balaban J connectivity index is 1.82. The number of carbonyl (C=O) groups is 1. The van der Waals surface area contributed by atoms with Gasteiger partial charge in [0.1, 0.15) is 5.82 Å². The van der Waals surface area contributed by atoms with Crippen LogP contribution in [0.15, 0.2) is 47.8 Å². The van der Waals surface area contributed by atoms with E-state index in [-0.39, 0.29) is 11.6 Å². The van der Waals surface area contributed by atoms with Crippen LogP contribution in [0.1, 0.15) is 10.6 Å². The topological polar surface area (TPSA) is 90.1 Å². The van der Waals surface area contributed by atoms with Gasteiger partial charge in [-0.1, -0.05) is 6.07 Å². The Morgan fingerprint density at radius 1 is 1.33 bits per heavy atom. The van der Waals surface area contributed by atoms with E-state index in [0.717, 1.165) is 10.6 Å². The number of thiophene rings is 1. The zero-order valence-electron chi connectivity index (χ0n) is 12.8. The summed E-state index contributed by atoms with van der Waals surface area (Å²) in [5, 5.41) is 19.8. The number of anilines is 1. The third-order valence-electron chi connectivity index (χ3n) is 3.32. The summed E-state index contributed by atoms with van der Waals surface area (Å²) >= 11 is 1.52. The summed E-state index contributed by atoms with van der Waals surface area (Å²) in [6.07, 6.45) is 0.294. The molecule has 0 atom stereocenters. The summed E-state index contributed by atoms with van der Waals surface area (Å²) in [4.78, 5) is 23.4. The van der Waals surface area contributed by atoms with E-state index in [1.54, 1.807) is 22.9 Å². The molecule has 0 saturated carbocycles. The second-order valence-corrected chi connectivity index (χ2v) is 6.19. The number of aryl methyl sites for hydroxylation is 1. The highest BCUT2D eigenvalue weighted by Gasteiger charge is 2.13. The van der Waals surface area contributed by atoms with Crippen molar-refractivity contribution in [3.05, 3.63) is 68.5 Å². The Morgan fingerprint density at radius 2 is 2.08 bits per heavy atom. The highest BCUT2D eigenvalue weighted by atomic mass is 32.1. The molecule has 7 nitrogen and oxygen atoms in total. The molecule has 1 N–H and O–H groups in total. The minimum absolute atomic E-state index is 0.00547. The number of aromatic nitrogens is 2. The van der Waals surface area contributed by atoms with Gasteiger partial charge >= 0.3 is 0 Å². The van der Waals surface area contributed by atoms with Gasteiger partial charge in [-0.3, -0.25) is 14.9 Å². The van der Waals surface area contributed by atoms with Crippen LogP contribution in [0.3, 0.4) is 0 Å². The number of non-ortho nitro benzene ring substituents is 1. The smallest absolute Gasteiger partial charge is 0.269 e. The quantitative estimate of drug-likeness (QED) is 0.569. The maximum absolute atomic E-state index is 12.2. The van der Waals surface area contributed by atoms with Gasteiger partial charge in [0.2, 0.25) is 5.91 Å². The molecule has 2 heterocycles. The van der Waals surface area contributed by atoms with Gasteiger partial charge in [0, 0.05) is 23.1 Å². The Morgan fingerprint density at radius 3 is 2.71 bits per heavy atom.